The maximum atomic E-state index is 13.4. The predicted molar refractivity (Wildman–Crippen MR) is 111 cm³/mol. The van der Waals surface area contributed by atoms with Crippen LogP contribution in [0.2, 0.25) is 0 Å². The number of fused-ring (bicyclic) bond motifs is 3. The van der Waals surface area contributed by atoms with Crippen LogP contribution in [0.1, 0.15) is 27.2 Å². The molecule has 7 heteroatoms. The van der Waals surface area contributed by atoms with Gasteiger partial charge in [-0.25, -0.2) is 4.68 Å². The maximum Gasteiger partial charge on any atom is 0.435 e. The fourth-order valence-corrected chi connectivity index (χ4v) is 3.99. The summed E-state index contributed by atoms with van der Waals surface area (Å²) in [5.74, 6) is -0.610. The summed E-state index contributed by atoms with van der Waals surface area (Å²) in [6, 6.07) is 20.8. The number of halogens is 3. The quantitative estimate of drug-likeness (QED) is 0.435. The van der Waals surface area contributed by atoms with Gasteiger partial charge in [-0.2, -0.15) is 18.3 Å². The molecule has 1 aliphatic rings. The summed E-state index contributed by atoms with van der Waals surface area (Å²) in [5.41, 5.74) is 10.4. The minimum absolute atomic E-state index is 0.267. The molecule has 154 valence electrons. The Balaban J connectivity index is 1.63. The average molecular weight is 419 g/mol. The molecule has 0 atom stereocenters. The molecule has 31 heavy (non-hydrogen) atoms. The summed E-state index contributed by atoms with van der Waals surface area (Å²) in [7, 11) is 0. The van der Waals surface area contributed by atoms with E-state index in [2.05, 4.69) is 11.2 Å². The Morgan fingerprint density at radius 1 is 0.903 bits per heavy atom. The van der Waals surface area contributed by atoms with Crippen molar-refractivity contribution in [2.24, 2.45) is 5.73 Å². The molecule has 0 radical (unpaired) electrons. The molecule has 0 bridgehead atoms. The zero-order valence-electron chi connectivity index (χ0n) is 16.1. The molecular formula is C24H16F3N3O. The van der Waals surface area contributed by atoms with Crippen molar-refractivity contribution in [3.05, 3.63) is 95.2 Å². The predicted octanol–water partition coefficient (Wildman–Crippen LogP) is 5.23. The fourth-order valence-electron chi connectivity index (χ4n) is 3.99. The number of alkyl halides is 3. The standard InChI is InChI=1S/C24H16F3N3O/c25-24(26,27)22-13-21(30(29-22)18-8-5-14(6-9-18)23(28)31)16-7-10-20-17(12-16)11-15-3-1-2-4-19(15)20/h1-10,12-13H,11H2,(H2,28,31). The number of aromatic nitrogens is 2. The van der Waals surface area contributed by atoms with E-state index in [1.165, 1.54) is 34.5 Å². The molecule has 5 rings (SSSR count). The monoisotopic (exact) mass is 419 g/mol. The second-order valence-electron chi connectivity index (χ2n) is 7.44. The van der Waals surface area contributed by atoms with E-state index >= 15 is 0 Å². The van der Waals surface area contributed by atoms with E-state index < -0.39 is 17.8 Å². The van der Waals surface area contributed by atoms with Gasteiger partial charge in [0, 0.05) is 11.1 Å². The van der Waals surface area contributed by atoms with Crippen LogP contribution >= 0.6 is 0 Å². The minimum atomic E-state index is -4.58. The molecule has 0 fully saturated rings. The number of hydrogen-bond acceptors (Lipinski definition) is 2. The van der Waals surface area contributed by atoms with Gasteiger partial charge < -0.3 is 5.73 Å². The number of hydrogen-bond donors (Lipinski definition) is 1. The lowest BCUT2D eigenvalue weighted by Crippen LogP contribution is -2.11. The number of benzene rings is 3. The Morgan fingerprint density at radius 3 is 2.32 bits per heavy atom. The summed E-state index contributed by atoms with van der Waals surface area (Å²) in [6.07, 6.45) is -3.85. The smallest absolute Gasteiger partial charge is 0.366 e. The van der Waals surface area contributed by atoms with Crippen molar-refractivity contribution in [2.45, 2.75) is 12.6 Å². The highest BCUT2D eigenvalue weighted by molar-refractivity contribution is 5.93. The van der Waals surface area contributed by atoms with Gasteiger partial charge in [0.2, 0.25) is 5.91 Å². The topological polar surface area (TPSA) is 60.9 Å². The Morgan fingerprint density at radius 2 is 1.61 bits per heavy atom. The van der Waals surface area contributed by atoms with Gasteiger partial charge in [-0.05, 0) is 65.1 Å². The first-order chi connectivity index (χ1) is 14.8. The largest absolute Gasteiger partial charge is 0.435 e. The molecule has 1 aliphatic carbocycles. The molecule has 1 heterocycles. The van der Waals surface area contributed by atoms with Crippen LogP contribution in [0.15, 0.2) is 72.8 Å². The normalized spacial score (nSPS) is 12.5. The van der Waals surface area contributed by atoms with Crippen LogP contribution in [-0.2, 0) is 12.6 Å². The Hall–Kier alpha value is -3.87. The van der Waals surface area contributed by atoms with Crippen molar-refractivity contribution in [3.63, 3.8) is 0 Å². The lowest BCUT2D eigenvalue weighted by Gasteiger charge is -2.10. The highest BCUT2D eigenvalue weighted by atomic mass is 19.4. The number of carbonyl (C=O) groups is 1. The Bertz CT molecular complexity index is 1320. The van der Waals surface area contributed by atoms with Crippen molar-refractivity contribution in [3.8, 4) is 28.1 Å². The first kappa shape index (κ1) is 19.1. The molecule has 1 amide bonds. The van der Waals surface area contributed by atoms with Gasteiger partial charge in [0.25, 0.3) is 0 Å². The van der Waals surface area contributed by atoms with Gasteiger partial charge in [0.1, 0.15) is 0 Å². The molecule has 2 N–H and O–H groups in total. The highest BCUT2D eigenvalue weighted by Crippen LogP contribution is 2.40. The molecule has 4 aromatic rings. The van der Waals surface area contributed by atoms with Crippen LogP contribution in [0.4, 0.5) is 13.2 Å². The first-order valence-electron chi connectivity index (χ1n) is 9.60. The van der Waals surface area contributed by atoms with Crippen LogP contribution in [0.25, 0.3) is 28.1 Å². The van der Waals surface area contributed by atoms with E-state index in [0.717, 1.165) is 29.2 Å². The van der Waals surface area contributed by atoms with Crippen molar-refractivity contribution in [2.75, 3.05) is 0 Å². The molecule has 4 nitrogen and oxygen atoms in total. The Kier molecular flexibility index (Phi) is 4.22. The van der Waals surface area contributed by atoms with E-state index in [-0.39, 0.29) is 5.56 Å². The van der Waals surface area contributed by atoms with Gasteiger partial charge in [0.05, 0.1) is 11.4 Å². The number of rotatable bonds is 3. The summed E-state index contributed by atoms with van der Waals surface area (Å²) in [4.78, 5) is 11.3. The van der Waals surface area contributed by atoms with Crippen LogP contribution in [0.5, 0.6) is 0 Å². The summed E-state index contributed by atoms with van der Waals surface area (Å²) >= 11 is 0. The molecule has 0 saturated carbocycles. The van der Waals surface area contributed by atoms with Gasteiger partial charge in [-0.1, -0.05) is 36.4 Å². The summed E-state index contributed by atoms with van der Waals surface area (Å²) in [6.45, 7) is 0. The third kappa shape index (κ3) is 3.28. The molecule has 1 aromatic heterocycles. The van der Waals surface area contributed by atoms with Crippen molar-refractivity contribution in [1.82, 2.24) is 9.78 Å². The molecule has 0 aliphatic heterocycles. The Labute approximate surface area is 175 Å². The zero-order chi connectivity index (χ0) is 21.8. The van der Waals surface area contributed by atoms with E-state index in [4.69, 9.17) is 5.73 Å². The van der Waals surface area contributed by atoms with Crippen LogP contribution in [0, 0.1) is 0 Å². The fraction of sp³-hybridized carbons (Fsp3) is 0.0833. The van der Waals surface area contributed by atoms with Gasteiger partial charge in [-0.3, -0.25) is 4.79 Å². The molecular weight excluding hydrogens is 403 g/mol. The van der Waals surface area contributed by atoms with Crippen molar-refractivity contribution in [1.29, 1.82) is 0 Å². The number of nitrogens with zero attached hydrogens (tertiary/aromatic N) is 2. The summed E-state index contributed by atoms with van der Waals surface area (Å²) in [5, 5.41) is 3.81. The van der Waals surface area contributed by atoms with Crippen molar-refractivity contribution >= 4 is 5.91 Å². The first-order valence-corrected chi connectivity index (χ1v) is 9.60. The van der Waals surface area contributed by atoms with E-state index in [1.807, 2.05) is 36.4 Å². The number of nitrogens with two attached hydrogens (primary N) is 1. The van der Waals surface area contributed by atoms with Crippen LogP contribution in [-0.4, -0.2) is 15.7 Å². The average Bonchev–Trinajstić information content (AvgIpc) is 3.35. The van der Waals surface area contributed by atoms with Gasteiger partial charge in [0.15, 0.2) is 5.69 Å². The lowest BCUT2D eigenvalue weighted by atomic mass is 10.0. The lowest BCUT2D eigenvalue weighted by molar-refractivity contribution is -0.141. The number of amides is 1. The molecule has 0 unspecified atom stereocenters. The van der Waals surface area contributed by atoms with Gasteiger partial charge >= 0.3 is 6.18 Å². The number of primary amides is 1. The van der Waals surface area contributed by atoms with E-state index in [9.17, 15) is 18.0 Å². The highest BCUT2D eigenvalue weighted by Gasteiger charge is 2.35. The van der Waals surface area contributed by atoms with E-state index in [1.54, 1.807) is 0 Å². The number of carbonyl (C=O) groups excluding carboxylic acids is 1. The maximum absolute atomic E-state index is 13.4. The SMILES string of the molecule is NC(=O)c1ccc(-n2nc(C(F)(F)F)cc2-c2ccc3c(c2)Cc2ccccc2-3)cc1. The second kappa shape index (κ2) is 6.84. The van der Waals surface area contributed by atoms with Crippen LogP contribution in [0.3, 0.4) is 0 Å². The second-order valence-corrected chi connectivity index (χ2v) is 7.44. The molecule has 0 spiro atoms. The van der Waals surface area contributed by atoms with E-state index in [0.29, 0.717) is 16.9 Å². The third-order valence-corrected chi connectivity index (χ3v) is 5.49. The van der Waals surface area contributed by atoms with Crippen LogP contribution < -0.4 is 5.73 Å². The summed E-state index contributed by atoms with van der Waals surface area (Å²) < 4.78 is 41.6. The molecule has 0 saturated heterocycles. The van der Waals surface area contributed by atoms with Crippen molar-refractivity contribution < 1.29 is 18.0 Å². The minimum Gasteiger partial charge on any atom is -0.366 e. The van der Waals surface area contributed by atoms with Gasteiger partial charge in [-0.15, -0.1) is 0 Å². The third-order valence-electron chi connectivity index (χ3n) is 5.49. The molecule has 3 aromatic carbocycles. The zero-order valence-corrected chi connectivity index (χ0v) is 16.1.